The Bertz CT molecular complexity index is 1720. The molecule has 0 aromatic heterocycles. The molecule has 0 radical (unpaired) electrons. The molecule has 0 aliphatic carbocycles. The maximum atomic E-state index is 14.4. The molecule has 1 unspecified atom stereocenters. The molecule has 11 heteroatoms. The van der Waals surface area contributed by atoms with Gasteiger partial charge in [0.15, 0.2) is 0 Å². The summed E-state index contributed by atoms with van der Waals surface area (Å²) in [5.41, 5.74) is 1.04. The number of hydrogen-bond donors (Lipinski definition) is 1. The van der Waals surface area contributed by atoms with Crippen LogP contribution in [0.3, 0.4) is 0 Å². The van der Waals surface area contributed by atoms with E-state index in [0.717, 1.165) is 23.3 Å². The van der Waals surface area contributed by atoms with Crippen molar-refractivity contribution in [1.82, 2.24) is 10.2 Å². The smallest absolute Gasteiger partial charge is 0.354 e. The molecule has 0 heterocycles. The number of benzene rings is 4. The van der Waals surface area contributed by atoms with E-state index in [4.69, 9.17) is 0 Å². The minimum Gasteiger partial charge on any atom is -0.354 e. The minimum atomic E-state index is -4.75. The molecule has 4 rings (SSSR count). The highest BCUT2D eigenvalue weighted by Crippen LogP contribution is 2.33. The Morgan fingerprint density at radius 1 is 0.826 bits per heavy atom. The Balaban J connectivity index is 1.82. The van der Waals surface area contributed by atoms with Gasteiger partial charge in [0.2, 0.25) is 11.8 Å². The first-order valence-corrected chi connectivity index (χ1v) is 16.3. The van der Waals surface area contributed by atoms with Gasteiger partial charge < -0.3 is 10.2 Å². The molecule has 0 bridgehead atoms. The SMILES string of the molecule is CCCNC(=O)C(Cc1ccccc1)N(Cc1ccc(C)cc1)C(=O)CN(c1cccc(C(F)(F)F)c1)S(=O)(=O)c1ccccc1. The standard InChI is InChI=1S/C35H36F3N3O4S/c1-3-21-39-34(43)32(22-27-11-6-4-7-12-27)40(24-28-19-17-26(2)18-20-28)33(42)25-41(46(44,45)31-15-8-5-9-16-31)30-14-10-13-29(23-30)35(36,37)38/h4-20,23,32H,3,21-22,24-25H2,1-2H3,(H,39,43). The number of anilines is 1. The zero-order valence-corrected chi connectivity index (χ0v) is 26.4. The summed E-state index contributed by atoms with van der Waals surface area (Å²) in [6.07, 6.45) is -3.98. The lowest BCUT2D eigenvalue weighted by atomic mass is 10.0. The number of nitrogens with zero attached hydrogens (tertiary/aromatic N) is 2. The number of amides is 2. The molecule has 1 atom stereocenters. The van der Waals surface area contributed by atoms with Crippen LogP contribution >= 0.6 is 0 Å². The molecule has 2 amide bonds. The molecule has 242 valence electrons. The van der Waals surface area contributed by atoms with Crippen LogP contribution in [0, 0.1) is 6.92 Å². The maximum Gasteiger partial charge on any atom is 0.416 e. The summed E-state index contributed by atoms with van der Waals surface area (Å²) in [4.78, 5) is 29.2. The van der Waals surface area contributed by atoms with Crippen molar-refractivity contribution < 1.29 is 31.2 Å². The van der Waals surface area contributed by atoms with E-state index in [1.165, 1.54) is 35.2 Å². The minimum absolute atomic E-state index is 0.0437. The van der Waals surface area contributed by atoms with Crippen LogP contribution in [0.4, 0.5) is 18.9 Å². The van der Waals surface area contributed by atoms with Gasteiger partial charge in [0, 0.05) is 19.5 Å². The van der Waals surface area contributed by atoms with Gasteiger partial charge in [0.25, 0.3) is 10.0 Å². The van der Waals surface area contributed by atoms with Crippen molar-refractivity contribution in [2.45, 2.75) is 50.3 Å². The fourth-order valence-corrected chi connectivity index (χ4v) is 6.32. The van der Waals surface area contributed by atoms with Gasteiger partial charge in [-0.25, -0.2) is 8.42 Å². The number of hydrogen-bond acceptors (Lipinski definition) is 4. The zero-order chi connectivity index (χ0) is 33.3. The first-order chi connectivity index (χ1) is 21.9. The predicted octanol–water partition coefficient (Wildman–Crippen LogP) is 6.38. The summed E-state index contributed by atoms with van der Waals surface area (Å²) >= 11 is 0. The van der Waals surface area contributed by atoms with Crippen molar-refractivity contribution >= 4 is 27.5 Å². The van der Waals surface area contributed by atoms with E-state index < -0.39 is 46.2 Å². The molecule has 0 aliphatic rings. The van der Waals surface area contributed by atoms with Crippen LogP contribution in [0.5, 0.6) is 0 Å². The van der Waals surface area contributed by atoms with Crippen molar-refractivity contribution in [2.75, 3.05) is 17.4 Å². The largest absolute Gasteiger partial charge is 0.416 e. The summed E-state index contributed by atoms with van der Waals surface area (Å²) in [5, 5.41) is 2.86. The van der Waals surface area contributed by atoms with Gasteiger partial charge in [-0.2, -0.15) is 13.2 Å². The predicted molar refractivity (Wildman–Crippen MR) is 171 cm³/mol. The van der Waals surface area contributed by atoms with Crippen LogP contribution in [0.1, 0.15) is 35.6 Å². The number of nitrogens with one attached hydrogen (secondary N) is 1. The van der Waals surface area contributed by atoms with Crippen LogP contribution in [-0.4, -0.2) is 44.3 Å². The van der Waals surface area contributed by atoms with Gasteiger partial charge in [-0.1, -0.05) is 91.3 Å². The van der Waals surface area contributed by atoms with Crippen molar-refractivity contribution in [3.63, 3.8) is 0 Å². The third-order valence-corrected chi connectivity index (χ3v) is 9.15. The molecular formula is C35H36F3N3O4S. The van der Waals surface area contributed by atoms with Crippen LogP contribution in [0.15, 0.2) is 114 Å². The summed E-state index contributed by atoms with van der Waals surface area (Å²) in [6.45, 7) is 3.26. The second-order valence-electron chi connectivity index (χ2n) is 10.9. The first kappa shape index (κ1) is 34.2. The van der Waals surface area contributed by atoms with Crippen LogP contribution in [-0.2, 0) is 38.8 Å². The van der Waals surface area contributed by atoms with E-state index in [-0.39, 0.29) is 23.5 Å². The third kappa shape index (κ3) is 8.75. The van der Waals surface area contributed by atoms with Crippen molar-refractivity contribution in [3.05, 3.63) is 131 Å². The lowest BCUT2D eigenvalue weighted by Crippen LogP contribution is -2.53. The van der Waals surface area contributed by atoms with Gasteiger partial charge in [-0.3, -0.25) is 13.9 Å². The number of aryl methyl sites for hydroxylation is 1. The highest BCUT2D eigenvalue weighted by atomic mass is 32.2. The lowest BCUT2D eigenvalue weighted by molar-refractivity contribution is -0.140. The third-order valence-electron chi connectivity index (χ3n) is 7.37. The van der Waals surface area contributed by atoms with Crippen molar-refractivity contribution in [2.24, 2.45) is 0 Å². The normalized spacial score (nSPS) is 12.3. The van der Waals surface area contributed by atoms with E-state index >= 15 is 0 Å². The zero-order valence-electron chi connectivity index (χ0n) is 25.6. The highest BCUT2D eigenvalue weighted by Gasteiger charge is 2.36. The Kier molecular flexibility index (Phi) is 11.2. The summed E-state index contributed by atoms with van der Waals surface area (Å²) in [6, 6.07) is 26.4. The van der Waals surface area contributed by atoms with Gasteiger partial charge in [0.1, 0.15) is 12.6 Å². The number of halogens is 3. The number of alkyl halides is 3. The van der Waals surface area contributed by atoms with Crippen LogP contribution in [0.2, 0.25) is 0 Å². The van der Waals surface area contributed by atoms with Gasteiger partial charge in [-0.05, 0) is 54.8 Å². The Morgan fingerprint density at radius 3 is 2.07 bits per heavy atom. The molecule has 0 spiro atoms. The van der Waals surface area contributed by atoms with Crippen molar-refractivity contribution in [3.8, 4) is 0 Å². The molecule has 0 aliphatic heterocycles. The summed E-state index contributed by atoms with van der Waals surface area (Å²) < 4.78 is 69.8. The van der Waals surface area contributed by atoms with Gasteiger partial charge in [0.05, 0.1) is 16.1 Å². The Morgan fingerprint density at radius 2 is 1.46 bits per heavy atom. The van der Waals surface area contributed by atoms with E-state index in [1.54, 1.807) is 6.07 Å². The number of carbonyl (C=O) groups excluding carboxylic acids is 2. The summed E-state index contributed by atoms with van der Waals surface area (Å²) in [5.74, 6) is -1.19. The lowest BCUT2D eigenvalue weighted by Gasteiger charge is -2.34. The highest BCUT2D eigenvalue weighted by molar-refractivity contribution is 7.92. The fourth-order valence-electron chi connectivity index (χ4n) is 4.90. The van der Waals surface area contributed by atoms with Crippen molar-refractivity contribution in [1.29, 1.82) is 0 Å². The molecule has 0 saturated carbocycles. The number of sulfonamides is 1. The van der Waals surface area contributed by atoms with E-state index in [1.807, 2.05) is 68.4 Å². The monoisotopic (exact) mass is 651 g/mol. The molecule has 0 saturated heterocycles. The molecular weight excluding hydrogens is 615 g/mol. The topological polar surface area (TPSA) is 86.8 Å². The number of carbonyl (C=O) groups is 2. The molecule has 7 nitrogen and oxygen atoms in total. The number of rotatable bonds is 13. The van der Waals surface area contributed by atoms with Crippen LogP contribution in [0.25, 0.3) is 0 Å². The van der Waals surface area contributed by atoms with E-state index in [0.29, 0.717) is 28.9 Å². The second-order valence-corrected chi connectivity index (χ2v) is 12.7. The molecule has 4 aromatic rings. The Labute approximate surface area is 267 Å². The molecule has 0 fully saturated rings. The maximum absolute atomic E-state index is 14.4. The van der Waals surface area contributed by atoms with Gasteiger partial charge >= 0.3 is 6.18 Å². The summed E-state index contributed by atoms with van der Waals surface area (Å²) in [7, 11) is -4.52. The Hall–Kier alpha value is -4.64. The quantitative estimate of drug-likeness (QED) is 0.182. The second kappa shape index (κ2) is 15.1. The van der Waals surface area contributed by atoms with Crippen LogP contribution < -0.4 is 9.62 Å². The average molecular weight is 652 g/mol. The van der Waals surface area contributed by atoms with E-state index in [2.05, 4.69) is 5.32 Å². The van der Waals surface area contributed by atoms with Gasteiger partial charge in [-0.15, -0.1) is 0 Å². The molecule has 4 aromatic carbocycles. The molecule has 1 N–H and O–H groups in total. The van der Waals surface area contributed by atoms with E-state index in [9.17, 15) is 31.2 Å². The first-order valence-electron chi connectivity index (χ1n) is 14.8. The molecule has 46 heavy (non-hydrogen) atoms. The fraction of sp³-hybridized carbons (Fsp3) is 0.257. The average Bonchev–Trinajstić information content (AvgIpc) is 3.05.